The fourth-order valence-corrected chi connectivity index (χ4v) is 8.11. The van der Waals surface area contributed by atoms with Gasteiger partial charge in [0.2, 0.25) is 0 Å². The molecule has 0 saturated carbocycles. The van der Waals surface area contributed by atoms with Gasteiger partial charge in [0.05, 0.1) is 5.69 Å². The summed E-state index contributed by atoms with van der Waals surface area (Å²) in [5.74, 6) is 0. The molecule has 0 unspecified atom stereocenters. The van der Waals surface area contributed by atoms with E-state index in [-0.39, 0.29) is 0 Å². The average Bonchev–Trinajstić information content (AvgIpc) is 3.30. The Kier molecular flexibility index (Phi) is 8.95. The van der Waals surface area contributed by atoms with Crippen molar-refractivity contribution in [2.75, 3.05) is 4.90 Å². The molecule has 1 nitrogen and oxygen atoms in total. The first-order valence-electron chi connectivity index (χ1n) is 19.6. The third kappa shape index (κ3) is 6.77. The number of anilines is 3. The molecule has 10 aromatic rings. The molecule has 0 N–H and O–H groups in total. The summed E-state index contributed by atoms with van der Waals surface area (Å²) in [6, 6.07) is 85.7. The summed E-state index contributed by atoms with van der Waals surface area (Å²) < 4.78 is 0. The Labute approximate surface area is 334 Å². The summed E-state index contributed by atoms with van der Waals surface area (Å²) in [6.45, 7) is 0. The highest BCUT2D eigenvalue weighted by Crippen LogP contribution is 2.44. The number of nitrogens with zero attached hydrogens (tertiary/aromatic N) is 1. The van der Waals surface area contributed by atoms with Gasteiger partial charge in [0, 0.05) is 16.9 Å². The van der Waals surface area contributed by atoms with E-state index in [0.29, 0.717) is 0 Å². The van der Waals surface area contributed by atoms with E-state index < -0.39 is 0 Å². The summed E-state index contributed by atoms with van der Waals surface area (Å²) in [5, 5.41) is 4.97. The summed E-state index contributed by atoms with van der Waals surface area (Å²) in [5.41, 5.74) is 15.2. The highest BCUT2D eigenvalue weighted by molar-refractivity contribution is 5.98. The van der Waals surface area contributed by atoms with E-state index in [4.69, 9.17) is 0 Å². The van der Waals surface area contributed by atoms with Gasteiger partial charge in [-0.15, -0.1) is 0 Å². The van der Waals surface area contributed by atoms with E-state index in [0.717, 1.165) is 17.1 Å². The number of hydrogen-bond donors (Lipinski definition) is 0. The molecule has 268 valence electrons. The second-order valence-electron chi connectivity index (χ2n) is 14.6. The largest absolute Gasteiger partial charge is 0.310 e. The molecule has 0 spiro atoms. The van der Waals surface area contributed by atoms with Crippen molar-refractivity contribution in [3.05, 3.63) is 237 Å². The Morgan fingerprint density at radius 2 is 0.667 bits per heavy atom. The van der Waals surface area contributed by atoms with E-state index in [9.17, 15) is 0 Å². The normalized spacial score (nSPS) is 11.2. The molecule has 57 heavy (non-hydrogen) atoms. The SMILES string of the molecule is c1ccc(-c2ccc(-c3ccc(N(c4ccc(-c5cccc6ccccc56)cc4)c4cc(-c5ccc6ccccc6c5)ccc4-c4ccccc4)cc3)cc2)cc1. The number of rotatable bonds is 8. The Balaban J connectivity index is 1.11. The molecule has 0 heterocycles. The molecule has 0 radical (unpaired) electrons. The van der Waals surface area contributed by atoms with Gasteiger partial charge in [0.25, 0.3) is 0 Å². The third-order valence-electron chi connectivity index (χ3n) is 11.1. The Bertz CT molecular complexity index is 2960. The van der Waals surface area contributed by atoms with Crippen LogP contribution >= 0.6 is 0 Å². The van der Waals surface area contributed by atoms with Gasteiger partial charge in [-0.1, -0.05) is 200 Å². The predicted molar refractivity (Wildman–Crippen MR) is 243 cm³/mol. The van der Waals surface area contributed by atoms with E-state index >= 15 is 0 Å². The van der Waals surface area contributed by atoms with Crippen LogP contribution in [0.5, 0.6) is 0 Å². The second-order valence-corrected chi connectivity index (χ2v) is 14.6. The van der Waals surface area contributed by atoms with E-state index in [2.05, 4.69) is 241 Å². The van der Waals surface area contributed by atoms with Crippen molar-refractivity contribution in [1.29, 1.82) is 0 Å². The number of hydrogen-bond acceptors (Lipinski definition) is 1. The summed E-state index contributed by atoms with van der Waals surface area (Å²) in [6.07, 6.45) is 0. The van der Waals surface area contributed by atoms with Crippen LogP contribution in [0.4, 0.5) is 17.1 Å². The Morgan fingerprint density at radius 3 is 1.33 bits per heavy atom. The van der Waals surface area contributed by atoms with Crippen molar-refractivity contribution >= 4 is 38.6 Å². The van der Waals surface area contributed by atoms with Crippen LogP contribution in [0.15, 0.2) is 237 Å². The molecule has 0 atom stereocenters. The smallest absolute Gasteiger partial charge is 0.0546 e. The fourth-order valence-electron chi connectivity index (χ4n) is 8.11. The van der Waals surface area contributed by atoms with E-state index in [1.165, 1.54) is 77.2 Å². The van der Waals surface area contributed by atoms with Gasteiger partial charge in [-0.25, -0.2) is 0 Å². The first kappa shape index (κ1) is 34.0. The third-order valence-corrected chi connectivity index (χ3v) is 11.1. The molecule has 0 aliphatic heterocycles. The van der Waals surface area contributed by atoms with Crippen LogP contribution in [0.2, 0.25) is 0 Å². The minimum Gasteiger partial charge on any atom is -0.310 e. The van der Waals surface area contributed by atoms with Crippen molar-refractivity contribution in [2.45, 2.75) is 0 Å². The maximum absolute atomic E-state index is 2.42. The molecule has 0 fully saturated rings. The van der Waals surface area contributed by atoms with E-state index in [1.54, 1.807) is 0 Å². The molecule has 10 rings (SSSR count). The minimum absolute atomic E-state index is 1.09. The van der Waals surface area contributed by atoms with Gasteiger partial charge < -0.3 is 4.90 Å². The van der Waals surface area contributed by atoms with Crippen LogP contribution in [0.25, 0.3) is 77.2 Å². The van der Waals surface area contributed by atoms with Gasteiger partial charge in [0.1, 0.15) is 0 Å². The first-order valence-corrected chi connectivity index (χ1v) is 19.6. The lowest BCUT2D eigenvalue weighted by Crippen LogP contribution is -2.11. The summed E-state index contributed by atoms with van der Waals surface area (Å²) >= 11 is 0. The van der Waals surface area contributed by atoms with Crippen LogP contribution in [0.1, 0.15) is 0 Å². The molecule has 0 amide bonds. The fraction of sp³-hybridized carbons (Fsp3) is 0. The molecule has 10 aromatic carbocycles. The highest BCUT2D eigenvalue weighted by Gasteiger charge is 2.19. The topological polar surface area (TPSA) is 3.24 Å². The van der Waals surface area contributed by atoms with E-state index in [1.807, 2.05) is 0 Å². The molecule has 0 saturated heterocycles. The minimum atomic E-state index is 1.09. The first-order chi connectivity index (χ1) is 28.2. The predicted octanol–water partition coefficient (Wildman–Crippen LogP) is 15.8. The lowest BCUT2D eigenvalue weighted by atomic mass is 9.95. The van der Waals surface area contributed by atoms with Crippen LogP contribution in [-0.2, 0) is 0 Å². The van der Waals surface area contributed by atoms with Gasteiger partial charge >= 0.3 is 0 Å². The van der Waals surface area contributed by atoms with Crippen LogP contribution < -0.4 is 4.90 Å². The molecule has 1 heteroatoms. The maximum atomic E-state index is 2.42. The summed E-state index contributed by atoms with van der Waals surface area (Å²) in [7, 11) is 0. The number of benzene rings is 10. The molecular weight excluding hydrogens is 687 g/mol. The van der Waals surface area contributed by atoms with Gasteiger partial charge in [-0.2, -0.15) is 0 Å². The lowest BCUT2D eigenvalue weighted by Gasteiger charge is -2.29. The zero-order valence-electron chi connectivity index (χ0n) is 31.5. The lowest BCUT2D eigenvalue weighted by molar-refractivity contribution is 1.28. The van der Waals surface area contributed by atoms with Crippen LogP contribution in [-0.4, -0.2) is 0 Å². The van der Waals surface area contributed by atoms with Crippen molar-refractivity contribution in [2.24, 2.45) is 0 Å². The average molecular weight is 726 g/mol. The van der Waals surface area contributed by atoms with Crippen molar-refractivity contribution in [1.82, 2.24) is 0 Å². The van der Waals surface area contributed by atoms with Gasteiger partial charge in [0.15, 0.2) is 0 Å². The van der Waals surface area contributed by atoms with Crippen LogP contribution in [0, 0.1) is 0 Å². The quantitative estimate of drug-likeness (QED) is 0.151. The van der Waals surface area contributed by atoms with Crippen molar-refractivity contribution in [3.63, 3.8) is 0 Å². The maximum Gasteiger partial charge on any atom is 0.0546 e. The van der Waals surface area contributed by atoms with Crippen molar-refractivity contribution in [3.8, 4) is 55.6 Å². The zero-order chi connectivity index (χ0) is 38.0. The zero-order valence-corrected chi connectivity index (χ0v) is 31.5. The Morgan fingerprint density at radius 1 is 0.228 bits per heavy atom. The summed E-state index contributed by atoms with van der Waals surface area (Å²) in [4.78, 5) is 2.42. The standard InChI is InChI=1S/C56H39N/c1-3-12-40(13-4-1)42-22-24-43(25-23-42)44-28-33-51(34-29-44)57(52-35-30-47(31-36-52)54-21-11-19-45-17-9-10-20-53(45)54)56-39-50(32-37-55(56)46-15-5-2-6-16-46)49-27-26-41-14-7-8-18-48(41)38-49/h1-39H. The molecule has 0 bridgehead atoms. The monoisotopic (exact) mass is 725 g/mol. The van der Waals surface area contributed by atoms with Crippen LogP contribution in [0.3, 0.4) is 0 Å². The molecule has 0 aromatic heterocycles. The van der Waals surface area contributed by atoms with Gasteiger partial charge in [-0.05, 0) is 108 Å². The van der Waals surface area contributed by atoms with Gasteiger partial charge in [-0.3, -0.25) is 0 Å². The number of fused-ring (bicyclic) bond motifs is 2. The van der Waals surface area contributed by atoms with Crippen molar-refractivity contribution < 1.29 is 0 Å². The Hall–Kier alpha value is -7.48. The second kappa shape index (κ2) is 15.0. The molecule has 0 aliphatic carbocycles. The molecular formula is C56H39N. The highest BCUT2D eigenvalue weighted by atomic mass is 15.1. The molecule has 0 aliphatic rings.